The summed E-state index contributed by atoms with van der Waals surface area (Å²) in [6.07, 6.45) is 4.90. The van der Waals surface area contributed by atoms with E-state index in [1.807, 2.05) is 0 Å². The van der Waals surface area contributed by atoms with Gasteiger partial charge in [-0.2, -0.15) is 0 Å². The lowest BCUT2D eigenvalue weighted by molar-refractivity contribution is 0.0953. The van der Waals surface area contributed by atoms with Crippen LogP contribution < -0.4 is 11.3 Å². The fourth-order valence-electron chi connectivity index (χ4n) is 1.32. The molecule has 0 saturated heterocycles. The van der Waals surface area contributed by atoms with E-state index in [4.69, 9.17) is 5.84 Å². The van der Waals surface area contributed by atoms with E-state index < -0.39 is 0 Å². The number of benzene rings is 1. The van der Waals surface area contributed by atoms with Gasteiger partial charge in [0.05, 0.1) is 11.9 Å². The van der Waals surface area contributed by atoms with Gasteiger partial charge in [0.25, 0.3) is 5.91 Å². The molecule has 5 nitrogen and oxygen atoms in total. The Bertz CT molecular complexity index is 481. The van der Waals surface area contributed by atoms with E-state index in [1.165, 1.54) is 0 Å². The molecule has 0 spiro atoms. The van der Waals surface area contributed by atoms with Crippen LogP contribution in [0, 0.1) is 0 Å². The van der Waals surface area contributed by atoms with Gasteiger partial charge in [0.1, 0.15) is 0 Å². The Morgan fingerprint density at radius 1 is 1.19 bits per heavy atom. The molecule has 0 aliphatic heterocycles. The molecule has 0 bridgehead atoms. The Balaban J connectivity index is 2.30. The van der Waals surface area contributed by atoms with Gasteiger partial charge in [-0.3, -0.25) is 20.2 Å². The van der Waals surface area contributed by atoms with Crippen LogP contribution in [0.4, 0.5) is 0 Å². The van der Waals surface area contributed by atoms with Crippen LogP contribution in [0.5, 0.6) is 0 Å². The lowest BCUT2D eigenvalue weighted by Crippen LogP contribution is -2.29. The van der Waals surface area contributed by atoms with Crippen molar-refractivity contribution < 1.29 is 4.79 Å². The first-order valence-electron chi connectivity index (χ1n) is 4.68. The van der Waals surface area contributed by atoms with E-state index in [2.05, 4.69) is 15.4 Å². The highest BCUT2D eigenvalue weighted by Gasteiger charge is 2.03. The Kier molecular flexibility index (Phi) is 2.88. The van der Waals surface area contributed by atoms with E-state index in [9.17, 15) is 4.79 Å². The molecule has 5 heteroatoms. The van der Waals surface area contributed by atoms with Crippen molar-refractivity contribution in [1.82, 2.24) is 15.4 Å². The second-order valence-corrected chi connectivity index (χ2v) is 3.14. The van der Waals surface area contributed by atoms with Crippen LogP contribution in [0.2, 0.25) is 0 Å². The molecule has 0 aliphatic carbocycles. The summed E-state index contributed by atoms with van der Waals surface area (Å²) in [4.78, 5) is 19.3. The van der Waals surface area contributed by atoms with E-state index in [0.29, 0.717) is 5.56 Å². The van der Waals surface area contributed by atoms with E-state index >= 15 is 0 Å². The maximum Gasteiger partial charge on any atom is 0.265 e. The monoisotopic (exact) mass is 214 g/mol. The molecule has 0 atom stereocenters. The van der Waals surface area contributed by atoms with Crippen LogP contribution in [0.15, 0.2) is 42.9 Å². The molecule has 16 heavy (non-hydrogen) atoms. The minimum atomic E-state index is -0.314. The zero-order valence-electron chi connectivity index (χ0n) is 8.42. The molecule has 0 radical (unpaired) electrons. The normalized spacial score (nSPS) is 9.81. The van der Waals surface area contributed by atoms with Crippen molar-refractivity contribution in [2.45, 2.75) is 0 Å². The third kappa shape index (κ3) is 2.04. The summed E-state index contributed by atoms with van der Waals surface area (Å²) in [7, 11) is 0. The molecular formula is C11H10N4O. The fraction of sp³-hybridized carbons (Fsp3) is 0. The van der Waals surface area contributed by atoms with Gasteiger partial charge < -0.3 is 0 Å². The van der Waals surface area contributed by atoms with Crippen molar-refractivity contribution in [3.63, 3.8) is 0 Å². The highest BCUT2D eigenvalue weighted by molar-refractivity contribution is 5.94. The minimum Gasteiger partial charge on any atom is -0.290 e. The molecule has 3 N–H and O–H groups in total. The number of carbonyl (C=O) groups excluding carboxylic acids is 1. The van der Waals surface area contributed by atoms with Crippen LogP contribution >= 0.6 is 0 Å². The molecular weight excluding hydrogens is 204 g/mol. The van der Waals surface area contributed by atoms with Gasteiger partial charge in [-0.05, 0) is 12.1 Å². The predicted molar refractivity (Wildman–Crippen MR) is 59.1 cm³/mol. The van der Waals surface area contributed by atoms with Gasteiger partial charge in [-0.15, -0.1) is 0 Å². The predicted octanol–water partition coefficient (Wildman–Crippen LogP) is 0.747. The fourth-order valence-corrected chi connectivity index (χ4v) is 1.32. The number of rotatable bonds is 2. The van der Waals surface area contributed by atoms with Crippen molar-refractivity contribution in [2.24, 2.45) is 5.84 Å². The first-order valence-corrected chi connectivity index (χ1v) is 4.68. The van der Waals surface area contributed by atoms with Crippen molar-refractivity contribution in [1.29, 1.82) is 0 Å². The van der Waals surface area contributed by atoms with Crippen LogP contribution in [0.3, 0.4) is 0 Å². The topological polar surface area (TPSA) is 80.9 Å². The number of hydrazine groups is 1. The highest BCUT2D eigenvalue weighted by Crippen LogP contribution is 2.15. The number of nitrogen functional groups attached to an aromatic ring is 1. The molecule has 1 aromatic carbocycles. The Labute approximate surface area is 92.3 Å². The molecule has 1 aromatic heterocycles. The van der Waals surface area contributed by atoms with Crippen molar-refractivity contribution in [3.05, 3.63) is 48.4 Å². The van der Waals surface area contributed by atoms with Crippen LogP contribution in [0.25, 0.3) is 11.3 Å². The lowest BCUT2D eigenvalue weighted by atomic mass is 10.1. The first kappa shape index (κ1) is 10.3. The largest absolute Gasteiger partial charge is 0.290 e. The summed E-state index contributed by atoms with van der Waals surface area (Å²) in [6.45, 7) is 0. The Morgan fingerprint density at radius 3 is 2.50 bits per heavy atom. The Morgan fingerprint density at radius 2 is 1.94 bits per heavy atom. The minimum absolute atomic E-state index is 0.314. The van der Waals surface area contributed by atoms with Crippen molar-refractivity contribution in [3.8, 4) is 11.3 Å². The zero-order valence-corrected chi connectivity index (χ0v) is 8.42. The van der Waals surface area contributed by atoms with Crippen molar-refractivity contribution in [2.75, 3.05) is 0 Å². The standard InChI is InChI=1S/C11H10N4O/c12-15-11(16)9-3-1-8(2-4-9)10-7-13-5-6-14-10/h1-7H,12H2,(H,15,16). The molecule has 2 aromatic rings. The number of hydrogen-bond donors (Lipinski definition) is 2. The van der Waals surface area contributed by atoms with Gasteiger partial charge in [0.15, 0.2) is 0 Å². The van der Waals surface area contributed by atoms with Crippen LogP contribution in [-0.2, 0) is 0 Å². The molecule has 0 fully saturated rings. The molecule has 1 heterocycles. The number of carbonyl (C=O) groups is 1. The van der Waals surface area contributed by atoms with Gasteiger partial charge in [0, 0.05) is 23.5 Å². The third-order valence-corrected chi connectivity index (χ3v) is 2.14. The molecule has 1 amide bonds. The summed E-state index contributed by atoms with van der Waals surface area (Å²) in [5.41, 5.74) is 4.25. The van der Waals surface area contributed by atoms with Crippen molar-refractivity contribution >= 4 is 5.91 Å². The van der Waals surface area contributed by atoms with E-state index in [-0.39, 0.29) is 5.91 Å². The SMILES string of the molecule is NNC(=O)c1ccc(-c2cnccn2)cc1. The van der Waals surface area contributed by atoms with Gasteiger partial charge >= 0.3 is 0 Å². The third-order valence-electron chi connectivity index (χ3n) is 2.14. The number of nitrogens with two attached hydrogens (primary N) is 1. The highest BCUT2D eigenvalue weighted by atomic mass is 16.2. The molecule has 0 unspecified atom stereocenters. The average Bonchev–Trinajstić information content (AvgIpc) is 2.39. The lowest BCUT2D eigenvalue weighted by Gasteiger charge is -2.02. The van der Waals surface area contributed by atoms with Gasteiger partial charge in [-0.25, -0.2) is 5.84 Å². The maximum absolute atomic E-state index is 11.2. The maximum atomic E-state index is 11.2. The number of aromatic nitrogens is 2. The van der Waals surface area contributed by atoms with Gasteiger partial charge in [0.2, 0.25) is 0 Å². The Hall–Kier alpha value is -2.27. The van der Waals surface area contributed by atoms with Gasteiger partial charge in [-0.1, -0.05) is 12.1 Å². The molecule has 2 rings (SSSR count). The van der Waals surface area contributed by atoms with E-state index in [0.717, 1.165) is 11.3 Å². The summed E-state index contributed by atoms with van der Waals surface area (Å²) in [6, 6.07) is 6.97. The number of nitrogens with zero attached hydrogens (tertiary/aromatic N) is 2. The zero-order chi connectivity index (χ0) is 11.4. The summed E-state index contributed by atoms with van der Waals surface area (Å²) in [5, 5.41) is 0. The second-order valence-electron chi connectivity index (χ2n) is 3.14. The van der Waals surface area contributed by atoms with Crippen LogP contribution in [-0.4, -0.2) is 15.9 Å². The summed E-state index contributed by atoms with van der Waals surface area (Å²) < 4.78 is 0. The summed E-state index contributed by atoms with van der Waals surface area (Å²) >= 11 is 0. The number of amides is 1. The first-order chi connectivity index (χ1) is 7.81. The van der Waals surface area contributed by atoms with E-state index in [1.54, 1.807) is 42.9 Å². The van der Waals surface area contributed by atoms with Crippen LogP contribution in [0.1, 0.15) is 10.4 Å². The molecule has 0 saturated carbocycles. The summed E-state index contributed by atoms with van der Waals surface area (Å²) in [5.74, 6) is 4.72. The smallest absolute Gasteiger partial charge is 0.265 e. The number of nitrogens with one attached hydrogen (secondary N) is 1. The second kappa shape index (κ2) is 4.50. The average molecular weight is 214 g/mol. The molecule has 80 valence electrons. The molecule has 0 aliphatic rings. The quantitative estimate of drug-likeness (QED) is 0.439. The number of hydrogen-bond acceptors (Lipinski definition) is 4.